The second-order valence-electron chi connectivity index (χ2n) is 5.26. The first-order valence-electron chi connectivity index (χ1n) is 6.74. The molecule has 0 aromatic heterocycles. The first-order chi connectivity index (χ1) is 8.13. The normalized spacial score (nSPS) is 27.6. The van der Waals surface area contributed by atoms with Crippen molar-refractivity contribution in [2.24, 2.45) is 0 Å². The molecular formula is C13H22N2O2. The van der Waals surface area contributed by atoms with Crippen LogP contribution in [-0.2, 0) is 9.59 Å². The summed E-state index contributed by atoms with van der Waals surface area (Å²) < 4.78 is 0. The van der Waals surface area contributed by atoms with Crippen LogP contribution in [0.1, 0.15) is 52.4 Å². The van der Waals surface area contributed by atoms with Crippen molar-refractivity contribution >= 4 is 11.8 Å². The van der Waals surface area contributed by atoms with Gasteiger partial charge in [0.15, 0.2) is 0 Å². The van der Waals surface area contributed by atoms with Gasteiger partial charge in [0.1, 0.15) is 12.6 Å². The van der Waals surface area contributed by atoms with Crippen LogP contribution in [0.25, 0.3) is 0 Å². The standard InChI is InChI=1S/C13H22N2O2/c1-3-6-10-12(17)15(9-11(16)14-10)13(4-2)7-5-8-13/h10H,3-9H2,1-2H3,(H,14,16). The smallest absolute Gasteiger partial charge is 0.246 e. The molecule has 2 fully saturated rings. The van der Waals surface area contributed by atoms with Crippen LogP contribution in [-0.4, -0.2) is 34.8 Å². The van der Waals surface area contributed by atoms with Gasteiger partial charge in [-0.25, -0.2) is 0 Å². The van der Waals surface area contributed by atoms with E-state index in [1.54, 1.807) is 0 Å². The van der Waals surface area contributed by atoms with Gasteiger partial charge in [0.2, 0.25) is 11.8 Å². The number of nitrogens with zero attached hydrogens (tertiary/aromatic N) is 1. The third-order valence-corrected chi connectivity index (χ3v) is 4.29. The minimum atomic E-state index is -0.287. The number of hydrogen-bond donors (Lipinski definition) is 1. The van der Waals surface area contributed by atoms with E-state index in [0.29, 0.717) is 0 Å². The Morgan fingerprint density at radius 2 is 2.06 bits per heavy atom. The Bertz CT molecular complexity index is 318. The van der Waals surface area contributed by atoms with Gasteiger partial charge in [-0.15, -0.1) is 0 Å². The first-order valence-corrected chi connectivity index (χ1v) is 6.74. The number of rotatable bonds is 4. The maximum absolute atomic E-state index is 12.4. The number of carbonyl (C=O) groups excluding carboxylic acids is 2. The summed E-state index contributed by atoms with van der Waals surface area (Å²) in [5.41, 5.74) is -0.0131. The highest BCUT2D eigenvalue weighted by atomic mass is 16.2. The van der Waals surface area contributed by atoms with Crippen LogP contribution in [0.15, 0.2) is 0 Å². The Morgan fingerprint density at radius 1 is 1.35 bits per heavy atom. The monoisotopic (exact) mass is 238 g/mol. The van der Waals surface area contributed by atoms with Crippen molar-refractivity contribution in [3.63, 3.8) is 0 Å². The van der Waals surface area contributed by atoms with Crippen LogP contribution >= 0.6 is 0 Å². The molecule has 2 rings (SSSR count). The van der Waals surface area contributed by atoms with E-state index < -0.39 is 0 Å². The van der Waals surface area contributed by atoms with Gasteiger partial charge in [-0.1, -0.05) is 20.3 Å². The van der Waals surface area contributed by atoms with Crippen LogP contribution in [0.3, 0.4) is 0 Å². The Balaban J connectivity index is 2.15. The summed E-state index contributed by atoms with van der Waals surface area (Å²) in [5, 5.41) is 2.81. The molecule has 96 valence electrons. The zero-order chi connectivity index (χ0) is 12.5. The maximum atomic E-state index is 12.4. The highest BCUT2D eigenvalue weighted by molar-refractivity contribution is 5.95. The van der Waals surface area contributed by atoms with Crippen LogP contribution in [0.5, 0.6) is 0 Å². The van der Waals surface area contributed by atoms with Gasteiger partial charge in [0.05, 0.1) is 0 Å². The van der Waals surface area contributed by atoms with E-state index in [1.165, 1.54) is 6.42 Å². The van der Waals surface area contributed by atoms with E-state index in [0.717, 1.165) is 32.1 Å². The molecule has 0 radical (unpaired) electrons. The molecule has 1 saturated carbocycles. The van der Waals surface area contributed by atoms with Crippen molar-refractivity contribution in [1.82, 2.24) is 10.2 Å². The lowest BCUT2D eigenvalue weighted by molar-refractivity contribution is -0.155. The van der Waals surface area contributed by atoms with Crippen LogP contribution in [0.2, 0.25) is 0 Å². The van der Waals surface area contributed by atoms with Crippen LogP contribution < -0.4 is 5.32 Å². The molecule has 2 aliphatic rings. The molecule has 1 aliphatic carbocycles. The Labute approximate surface area is 103 Å². The quantitative estimate of drug-likeness (QED) is 0.806. The van der Waals surface area contributed by atoms with Crippen molar-refractivity contribution in [1.29, 1.82) is 0 Å². The molecule has 0 spiro atoms. The second-order valence-corrected chi connectivity index (χ2v) is 5.26. The molecule has 0 aromatic rings. The minimum Gasteiger partial charge on any atom is -0.343 e. The van der Waals surface area contributed by atoms with Gasteiger partial charge in [0.25, 0.3) is 0 Å². The summed E-state index contributed by atoms with van der Waals surface area (Å²) in [4.78, 5) is 25.9. The molecule has 17 heavy (non-hydrogen) atoms. The number of hydrogen-bond acceptors (Lipinski definition) is 2. The highest BCUT2D eigenvalue weighted by Gasteiger charge is 2.47. The maximum Gasteiger partial charge on any atom is 0.246 e. The van der Waals surface area contributed by atoms with Crippen LogP contribution in [0, 0.1) is 0 Å². The van der Waals surface area contributed by atoms with Crippen molar-refractivity contribution in [3.05, 3.63) is 0 Å². The summed E-state index contributed by atoms with van der Waals surface area (Å²) in [6.45, 7) is 4.41. The molecule has 1 unspecified atom stereocenters. The van der Waals surface area contributed by atoms with Crippen molar-refractivity contribution in [2.45, 2.75) is 64.0 Å². The fourth-order valence-electron chi connectivity index (χ4n) is 3.00. The van der Waals surface area contributed by atoms with Gasteiger partial charge >= 0.3 is 0 Å². The molecular weight excluding hydrogens is 216 g/mol. The lowest BCUT2D eigenvalue weighted by Gasteiger charge is -2.52. The number of carbonyl (C=O) groups is 2. The van der Waals surface area contributed by atoms with E-state index in [2.05, 4.69) is 12.2 Å². The molecule has 1 N–H and O–H groups in total. The fraction of sp³-hybridized carbons (Fsp3) is 0.846. The SMILES string of the molecule is CCCC1NC(=O)CN(C2(CC)CCC2)C1=O. The summed E-state index contributed by atoms with van der Waals surface area (Å²) in [7, 11) is 0. The average Bonchev–Trinajstić information content (AvgIpc) is 2.24. The van der Waals surface area contributed by atoms with E-state index in [-0.39, 0.29) is 29.9 Å². The summed E-state index contributed by atoms with van der Waals surface area (Å²) >= 11 is 0. The Kier molecular flexibility index (Phi) is 3.40. The van der Waals surface area contributed by atoms with Crippen LogP contribution in [0.4, 0.5) is 0 Å². The minimum absolute atomic E-state index is 0.00257. The number of amides is 2. The number of nitrogens with one attached hydrogen (secondary N) is 1. The summed E-state index contributed by atoms with van der Waals surface area (Å²) in [5.74, 6) is 0.135. The molecule has 4 heteroatoms. The third kappa shape index (κ3) is 2.05. The topological polar surface area (TPSA) is 49.4 Å². The highest BCUT2D eigenvalue weighted by Crippen LogP contribution is 2.41. The zero-order valence-electron chi connectivity index (χ0n) is 10.8. The summed E-state index contributed by atoms with van der Waals surface area (Å²) in [6, 6.07) is -0.287. The largest absolute Gasteiger partial charge is 0.343 e. The van der Waals surface area contributed by atoms with Crippen molar-refractivity contribution in [3.8, 4) is 0 Å². The van der Waals surface area contributed by atoms with Gasteiger partial charge in [-0.05, 0) is 32.1 Å². The predicted molar refractivity (Wildman–Crippen MR) is 65.4 cm³/mol. The van der Waals surface area contributed by atoms with Gasteiger partial charge in [0, 0.05) is 5.54 Å². The zero-order valence-corrected chi connectivity index (χ0v) is 10.8. The van der Waals surface area contributed by atoms with Gasteiger partial charge in [-0.2, -0.15) is 0 Å². The fourth-order valence-corrected chi connectivity index (χ4v) is 3.00. The molecule has 4 nitrogen and oxygen atoms in total. The first kappa shape index (κ1) is 12.4. The third-order valence-electron chi connectivity index (χ3n) is 4.29. The van der Waals surface area contributed by atoms with E-state index in [1.807, 2.05) is 11.8 Å². The second kappa shape index (κ2) is 4.67. The molecule has 1 aliphatic heterocycles. The number of piperazine rings is 1. The predicted octanol–water partition coefficient (Wildman–Crippen LogP) is 1.45. The lowest BCUT2D eigenvalue weighted by atomic mass is 9.72. The van der Waals surface area contributed by atoms with Gasteiger partial charge in [-0.3, -0.25) is 9.59 Å². The lowest BCUT2D eigenvalue weighted by Crippen LogP contribution is -2.66. The van der Waals surface area contributed by atoms with E-state index in [4.69, 9.17) is 0 Å². The van der Waals surface area contributed by atoms with E-state index >= 15 is 0 Å². The van der Waals surface area contributed by atoms with Crippen molar-refractivity contribution in [2.75, 3.05) is 6.54 Å². The molecule has 0 aromatic carbocycles. The molecule has 1 atom stereocenters. The Hall–Kier alpha value is -1.06. The molecule has 0 bridgehead atoms. The average molecular weight is 238 g/mol. The molecule has 2 amide bonds. The molecule has 1 heterocycles. The molecule has 1 saturated heterocycles. The summed E-state index contributed by atoms with van der Waals surface area (Å²) in [6.07, 6.45) is 5.93. The van der Waals surface area contributed by atoms with E-state index in [9.17, 15) is 9.59 Å². The van der Waals surface area contributed by atoms with Crippen molar-refractivity contribution < 1.29 is 9.59 Å². The Morgan fingerprint density at radius 3 is 2.53 bits per heavy atom. The van der Waals surface area contributed by atoms with Gasteiger partial charge < -0.3 is 10.2 Å².